The lowest BCUT2D eigenvalue weighted by molar-refractivity contribution is -0.388. The molecule has 5 rings (SSSR count). The Morgan fingerprint density at radius 2 is 1.55 bits per heavy atom. The van der Waals surface area contributed by atoms with Gasteiger partial charge in [0.1, 0.15) is 48.8 Å². The molecule has 0 saturated carbocycles. The summed E-state index contributed by atoms with van der Waals surface area (Å²) in [6.07, 6.45) is -10.1. The normalized spacial score (nSPS) is 34.0. The number of fused-ring (bicyclic) bond motifs is 1. The van der Waals surface area contributed by atoms with Gasteiger partial charge < -0.3 is 52.9 Å². The first kappa shape index (κ1) is 38.2. The Bertz CT molecular complexity index is 1310. The molecule has 0 bridgehead atoms. The molecule has 0 radical (unpaired) electrons. The quantitative estimate of drug-likeness (QED) is 0.190. The van der Waals surface area contributed by atoms with E-state index in [0.29, 0.717) is 5.92 Å². The third-order valence-corrected chi connectivity index (χ3v) is 15.1. The summed E-state index contributed by atoms with van der Waals surface area (Å²) < 4.78 is 49.9. The van der Waals surface area contributed by atoms with Gasteiger partial charge in [0.15, 0.2) is 27.2 Å². The highest BCUT2D eigenvalue weighted by molar-refractivity contribution is 6.74. The molecule has 11 nitrogen and oxygen atoms in total. The van der Waals surface area contributed by atoms with Crippen molar-refractivity contribution in [2.24, 2.45) is 5.92 Å². The Morgan fingerprint density at radius 3 is 2.20 bits per heavy atom. The van der Waals surface area contributed by atoms with Crippen molar-refractivity contribution >= 4 is 8.32 Å². The van der Waals surface area contributed by atoms with Crippen molar-refractivity contribution in [3.05, 3.63) is 84.4 Å². The third-order valence-electron chi connectivity index (χ3n) is 10.6. The highest BCUT2D eigenvalue weighted by Crippen LogP contribution is 2.45. The lowest BCUT2D eigenvalue weighted by Gasteiger charge is -2.50. The Hall–Kier alpha value is -2.04. The Labute approximate surface area is 291 Å². The van der Waals surface area contributed by atoms with E-state index < -0.39 is 76.0 Å². The van der Waals surface area contributed by atoms with E-state index in [9.17, 15) is 15.3 Å². The molecule has 3 aliphatic heterocycles. The summed E-state index contributed by atoms with van der Waals surface area (Å²) >= 11 is 0. The van der Waals surface area contributed by atoms with Crippen LogP contribution in [0.1, 0.15) is 45.1 Å². The zero-order valence-corrected chi connectivity index (χ0v) is 30.4. The number of aliphatic hydroxyl groups excluding tert-OH is 3. The molecule has 49 heavy (non-hydrogen) atoms. The van der Waals surface area contributed by atoms with Crippen LogP contribution >= 0.6 is 0 Å². The van der Waals surface area contributed by atoms with Crippen LogP contribution in [0.3, 0.4) is 0 Å². The molecule has 3 N–H and O–H groups in total. The summed E-state index contributed by atoms with van der Waals surface area (Å²) in [6, 6.07) is 19.0. The monoisotopic (exact) mass is 702 g/mol. The van der Waals surface area contributed by atoms with Gasteiger partial charge in [-0.1, -0.05) is 94.4 Å². The molecule has 3 aliphatic rings. The van der Waals surface area contributed by atoms with Gasteiger partial charge in [-0.25, -0.2) is 0 Å². The van der Waals surface area contributed by atoms with Gasteiger partial charge in [-0.2, -0.15) is 0 Å². The topological polar surface area (TPSA) is 135 Å². The molecule has 2 aromatic rings. The molecular formula is C37H54O11Si. The number of hydrogen-bond donors (Lipinski definition) is 3. The number of aliphatic hydroxyl groups is 3. The van der Waals surface area contributed by atoms with E-state index in [-0.39, 0.29) is 31.5 Å². The van der Waals surface area contributed by atoms with E-state index in [1.807, 2.05) is 60.7 Å². The van der Waals surface area contributed by atoms with Gasteiger partial charge in [0.05, 0.1) is 26.4 Å². The van der Waals surface area contributed by atoms with Crippen molar-refractivity contribution in [1.29, 1.82) is 0 Å². The van der Waals surface area contributed by atoms with Crippen molar-refractivity contribution in [2.75, 3.05) is 19.8 Å². The first-order valence-electron chi connectivity index (χ1n) is 17.2. The van der Waals surface area contributed by atoms with Gasteiger partial charge in [0, 0.05) is 5.56 Å². The fourth-order valence-corrected chi connectivity index (χ4v) is 8.59. The van der Waals surface area contributed by atoms with Crippen LogP contribution in [0.2, 0.25) is 18.1 Å². The predicted molar refractivity (Wildman–Crippen MR) is 184 cm³/mol. The minimum atomic E-state index is -2.35. The molecule has 3 saturated heterocycles. The molecule has 0 spiro atoms. The molecule has 0 unspecified atom stereocenters. The second-order valence-corrected chi connectivity index (χ2v) is 19.0. The molecule has 0 amide bonds. The lowest BCUT2D eigenvalue weighted by Crippen LogP contribution is -2.66. The van der Waals surface area contributed by atoms with E-state index in [1.165, 1.54) is 0 Å². The largest absolute Gasteiger partial charge is 0.414 e. The summed E-state index contributed by atoms with van der Waals surface area (Å²) in [6.45, 7) is 17.3. The zero-order chi connectivity index (χ0) is 35.3. The molecule has 0 aliphatic carbocycles. The van der Waals surface area contributed by atoms with Crippen LogP contribution in [-0.4, -0.2) is 105 Å². The van der Waals surface area contributed by atoms with Gasteiger partial charge in [-0.15, -0.1) is 6.58 Å². The van der Waals surface area contributed by atoms with E-state index in [1.54, 1.807) is 6.08 Å². The average molecular weight is 703 g/mol. The average Bonchev–Trinajstić information content (AvgIpc) is 3.09. The summed E-state index contributed by atoms with van der Waals surface area (Å²) in [5, 5.41) is 34.3. The van der Waals surface area contributed by atoms with Gasteiger partial charge in [0.25, 0.3) is 0 Å². The van der Waals surface area contributed by atoms with E-state index in [2.05, 4.69) is 47.4 Å². The first-order valence-corrected chi connectivity index (χ1v) is 20.1. The summed E-state index contributed by atoms with van der Waals surface area (Å²) in [5.41, 5.74) is 1.71. The van der Waals surface area contributed by atoms with Crippen molar-refractivity contribution in [3.8, 4) is 0 Å². The summed E-state index contributed by atoms with van der Waals surface area (Å²) in [7, 11) is -2.35. The second-order valence-electron chi connectivity index (χ2n) is 14.4. The maximum Gasteiger partial charge on any atom is 0.192 e. The SMILES string of the molecule is C=CCO[C@@H]1[C@@H](O)[C@H](O[C@H]2[C@H](O)[C@@H](O)[C@@H](OCc3ccccc3)O[C@@H]2CO[Si](C)(C)C(C)(C)C(C)C)O[C@@H]2CO[C@H](c3ccccc3)O[C@H]12. The number of rotatable bonds is 14. The maximum absolute atomic E-state index is 11.6. The highest BCUT2D eigenvalue weighted by atomic mass is 28.4. The van der Waals surface area contributed by atoms with Crippen LogP contribution in [0.5, 0.6) is 0 Å². The van der Waals surface area contributed by atoms with E-state index in [0.717, 1.165) is 11.1 Å². The second kappa shape index (κ2) is 16.5. The van der Waals surface area contributed by atoms with Crippen molar-refractivity contribution in [1.82, 2.24) is 0 Å². The Morgan fingerprint density at radius 1 is 0.878 bits per heavy atom. The zero-order valence-electron chi connectivity index (χ0n) is 29.4. The third kappa shape index (κ3) is 8.71. The molecule has 272 valence electrons. The Balaban J connectivity index is 1.35. The van der Waals surface area contributed by atoms with Crippen LogP contribution in [0.4, 0.5) is 0 Å². The van der Waals surface area contributed by atoms with Crippen LogP contribution in [0.15, 0.2) is 73.3 Å². The van der Waals surface area contributed by atoms with Crippen molar-refractivity contribution in [3.63, 3.8) is 0 Å². The minimum Gasteiger partial charge on any atom is -0.414 e. The lowest BCUT2D eigenvalue weighted by atomic mass is 9.96. The van der Waals surface area contributed by atoms with E-state index >= 15 is 0 Å². The smallest absolute Gasteiger partial charge is 0.192 e. The first-order chi connectivity index (χ1) is 23.3. The molecule has 2 aromatic carbocycles. The van der Waals surface area contributed by atoms with Crippen LogP contribution < -0.4 is 0 Å². The van der Waals surface area contributed by atoms with Gasteiger partial charge in [0.2, 0.25) is 0 Å². The predicted octanol–water partition coefficient (Wildman–Crippen LogP) is 4.46. The van der Waals surface area contributed by atoms with Gasteiger partial charge in [-0.05, 0) is 29.6 Å². The molecule has 3 heterocycles. The fourth-order valence-electron chi connectivity index (χ4n) is 6.25. The van der Waals surface area contributed by atoms with Crippen molar-refractivity contribution in [2.45, 2.75) is 120 Å². The summed E-state index contributed by atoms with van der Waals surface area (Å²) in [5.74, 6) is 0.357. The number of hydrogen-bond acceptors (Lipinski definition) is 11. The fraction of sp³-hybridized carbons (Fsp3) is 0.622. The molecule has 3 fully saturated rings. The van der Waals surface area contributed by atoms with Crippen LogP contribution in [0, 0.1) is 5.92 Å². The molecule has 12 heteroatoms. The maximum atomic E-state index is 11.6. The van der Waals surface area contributed by atoms with E-state index in [4.69, 9.17) is 37.6 Å². The van der Waals surface area contributed by atoms with Gasteiger partial charge in [-0.3, -0.25) is 0 Å². The van der Waals surface area contributed by atoms with Crippen molar-refractivity contribution < 1.29 is 52.9 Å². The van der Waals surface area contributed by atoms with Crippen LogP contribution in [0.25, 0.3) is 0 Å². The number of ether oxygens (including phenoxy) is 7. The molecule has 11 atom stereocenters. The standard InChI is InChI=1S/C37H54O11Si/c1-8-19-41-33-30(40)36(46-26-21-43-34(48-32(26)33)25-17-13-10-14-18-25)47-31-27(22-44-49(6,7)37(4,5)23(2)3)45-35(29(39)28(31)38)42-20-24-15-11-9-12-16-24/h8-18,23,26-36,38-40H,1,19-22H2,2-7H3/t26-,27-,28-,29-,30-,31-,32+,33-,34+,35+,36+/m1/s1. The Kier molecular flexibility index (Phi) is 12.9. The minimum absolute atomic E-state index is 0.0608. The molecule has 0 aromatic heterocycles. The van der Waals surface area contributed by atoms with Gasteiger partial charge >= 0.3 is 0 Å². The summed E-state index contributed by atoms with van der Waals surface area (Å²) in [4.78, 5) is 0. The molecular weight excluding hydrogens is 648 g/mol. The van der Waals surface area contributed by atoms with Crippen LogP contribution in [-0.2, 0) is 44.2 Å². The number of benzene rings is 2. The highest BCUT2D eigenvalue weighted by Gasteiger charge is 2.54.